The van der Waals surface area contributed by atoms with Crippen LogP contribution in [0.2, 0.25) is 0 Å². The fraction of sp³-hybridized carbons (Fsp3) is 0.519. The number of phenolic OH excluding ortho intramolecular Hbond substituents is 1. The van der Waals surface area contributed by atoms with E-state index in [4.69, 9.17) is 14.5 Å². The summed E-state index contributed by atoms with van der Waals surface area (Å²) in [7, 11) is 0. The van der Waals surface area contributed by atoms with Crippen molar-refractivity contribution in [1.29, 1.82) is 0 Å². The number of phenols is 1. The van der Waals surface area contributed by atoms with Crippen LogP contribution in [0, 0.1) is 6.92 Å². The number of hydrogen-bond acceptors (Lipinski definition) is 6. The summed E-state index contributed by atoms with van der Waals surface area (Å²) in [4.78, 5) is 32.3. The van der Waals surface area contributed by atoms with Crippen molar-refractivity contribution in [2.45, 2.75) is 52.4 Å². The van der Waals surface area contributed by atoms with Gasteiger partial charge >= 0.3 is 0 Å². The molecular weight excluding hydrogens is 446 g/mol. The predicted molar refractivity (Wildman–Crippen MR) is 134 cm³/mol. The second kappa shape index (κ2) is 13.1. The molecule has 1 saturated heterocycles. The average Bonchev–Trinajstić information content (AvgIpc) is 2.86. The maximum absolute atomic E-state index is 12.9. The number of nitrogens with zero attached hydrogens (tertiary/aromatic N) is 2. The van der Waals surface area contributed by atoms with Gasteiger partial charge in [0, 0.05) is 37.9 Å². The quantitative estimate of drug-likeness (QED) is 0.474. The Hall–Kier alpha value is -3.13. The molecular formula is C27H37N3O5. The fourth-order valence-electron chi connectivity index (χ4n) is 4.29. The second-order valence-electron chi connectivity index (χ2n) is 8.82. The topological polar surface area (TPSA) is 101 Å². The highest BCUT2D eigenvalue weighted by Gasteiger charge is 2.28. The molecule has 2 amide bonds. The number of aromatic hydroxyl groups is 1. The van der Waals surface area contributed by atoms with Crippen LogP contribution in [0.15, 0.2) is 30.3 Å². The molecule has 1 aromatic heterocycles. The molecule has 2 aromatic rings. The molecule has 2 heterocycles. The van der Waals surface area contributed by atoms with Crippen LogP contribution in [0.4, 0.5) is 0 Å². The number of rotatable bonds is 11. The van der Waals surface area contributed by atoms with Crippen LogP contribution in [0.1, 0.15) is 66.3 Å². The first-order valence-corrected chi connectivity index (χ1v) is 12.5. The lowest BCUT2D eigenvalue weighted by Crippen LogP contribution is -2.39. The fourth-order valence-corrected chi connectivity index (χ4v) is 4.29. The first-order chi connectivity index (χ1) is 16.9. The molecule has 1 fully saturated rings. The number of aromatic nitrogens is 1. The van der Waals surface area contributed by atoms with E-state index in [1.807, 2.05) is 37.8 Å². The van der Waals surface area contributed by atoms with Crippen molar-refractivity contribution in [1.82, 2.24) is 15.2 Å². The molecule has 3 rings (SSSR count). The lowest BCUT2D eigenvalue weighted by atomic mass is 9.89. The number of hydrogen-bond donors (Lipinski definition) is 2. The van der Waals surface area contributed by atoms with E-state index < -0.39 is 0 Å². The lowest BCUT2D eigenvalue weighted by molar-refractivity contribution is -0.131. The standard InChI is InChI=1S/C27H37N3O5/c1-4-15-34-16-12-28-27(33)22-8-6-19(3)29-26(22)21-10-13-30(14-11-21)25(32)18-20-7-9-23(31)24(17-20)35-5-2/h6-9,17,21,31H,4-5,10-16,18H2,1-3H3,(H,28,33). The van der Waals surface area contributed by atoms with Gasteiger partial charge in [-0.1, -0.05) is 13.0 Å². The molecule has 2 N–H and O–H groups in total. The number of nitrogens with one attached hydrogen (secondary N) is 1. The molecule has 0 unspecified atom stereocenters. The number of aryl methyl sites for hydroxylation is 1. The summed E-state index contributed by atoms with van der Waals surface area (Å²) >= 11 is 0. The van der Waals surface area contributed by atoms with E-state index in [1.54, 1.807) is 18.2 Å². The summed E-state index contributed by atoms with van der Waals surface area (Å²) in [5, 5.41) is 12.8. The molecule has 0 saturated carbocycles. The minimum atomic E-state index is -0.136. The molecule has 1 aliphatic rings. The normalized spacial score (nSPS) is 14.1. The molecule has 8 nitrogen and oxygen atoms in total. The third-order valence-electron chi connectivity index (χ3n) is 6.10. The number of benzene rings is 1. The van der Waals surface area contributed by atoms with Crippen LogP contribution in [-0.2, 0) is 16.0 Å². The summed E-state index contributed by atoms with van der Waals surface area (Å²) in [6.07, 6.45) is 2.70. The Labute approximate surface area is 207 Å². The molecule has 0 radical (unpaired) electrons. The molecule has 0 bridgehead atoms. The van der Waals surface area contributed by atoms with Gasteiger partial charge in [-0.3, -0.25) is 14.6 Å². The molecule has 1 aromatic carbocycles. The van der Waals surface area contributed by atoms with Gasteiger partial charge in [0.15, 0.2) is 11.5 Å². The Kier molecular flexibility index (Phi) is 9.90. The summed E-state index contributed by atoms with van der Waals surface area (Å²) in [5.74, 6) is 0.490. The first kappa shape index (κ1) is 26.5. The van der Waals surface area contributed by atoms with Crippen molar-refractivity contribution in [2.75, 3.05) is 39.5 Å². The van der Waals surface area contributed by atoms with Gasteiger partial charge in [-0.05, 0) is 62.9 Å². The Morgan fingerprint density at radius 1 is 1.14 bits per heavy atom. The Morgan fingerprint density at radius 2 is 1.91 bits per heavy atom. The molecule has 190 valence electrons. The van der Waals surface area contributed by atoms with Crippen molar-refractivity contribution < 1.29 is 24.2 Å². The van der Waals surface area contributed by atoms with Gasteiger partial charge < -0.3 is 24.8 Å². The third-order valence-corrected chi connectivity index (χ3v) is 6.10. The maximum Gasteiger partial charge on any atom is 0.253 e. The van der Waals surface area contributed by atoms with Crippen molar-refractivity contribution in [3.05, 3.63) is 52.8 Å². The zero-order valence-corrected chi connectivity index (χ0v) is 21.0. The third kappa shape index (κ3) is 7.42. The highest BCUT2D eigenvalue weighted by molar-refractivity contribution is 5.95. The molecule has 0 atom stereocenters. The maximum atomic E-state index is 12.9. The van der Waals surface area contributed by atoms with E-state index in [2.05, 4.69) is 5.32 Å². The molecule has 1 aliphatic heterocycles. The SMILES string of the molecule is CCCOCCNC(=O)c1ccc(C)nc1C1CCN(C(=O)Cc2ccc(O)c(OCC)c2)CC1. The van der Waals surface area contributed by atoms with Crippen molar-refractivity contribution >= 4 is 11.8 Å². The Morgan fingerprint density at radius 3 is 2.63 bits per heavy atom. The summed E-state index contributed by atoms with van der Waals surface area (Å²) in [5.41, 5.74) is 3.09. The largest absolute Gasteiger partial charge is 0.504 e. The number of ether oxygens (including phenoxy) is 2. The van der Waals surface area contributed by atoms with Crippen LogP contribution in [0.25, 0.3) is 0 Å². The van der Waals surface area contributed by atoms with Crippen molar-refractivity contribution in [3.8, 4) is 11.5 Å². The first-order valence-electron chi connectivity index (χ1n) is 12.5. The number of carbonyl (C=O) groups excluding carboxylic acids is 2. The van der Waals surface area contributed by atoms with E-state index in [0.29, 0.717) is 50.8 Å². The van der Waals surface area contributed by atoms with Gasteiger partial charge in [-0.15, -0.1) is 0 Å². The van der Waals surface area contributed by atoms with Gasteiger partial charge in [0.2, 0.25) is 5.91 Å². The number of carbonyl (C=O) groups is 2. The van der Waals surface area contributed by atoms with Gasteiger partial charge in [0.1, 0.15) is 0 Å². The molecule has 0 aliphatic carbocycles. The second-order valence-corrected chi connectivity index (χ2v) is 8.82. The number of pyridine rings is 1. The number of amides is 2. The van der Waals surface area contributed by atoms with Crippen LogP contribution >= 0.6 is 0 Å². The van der Waals surface area contributed by atoms with Gasteiger partial charge in [0.25, 0.3) is 5.91 Å². The van der Waals surface area contributed by atoms with Crippen LogP contribution in [0.3, 0.4) is 0 Å². The number of piperidine rings is 1. The lowest BCUT2D eigenvalue weighted by Gasteiger charge is -2.32. The van der Waals surface area contributed by atoms with E-state index in [1.165, 1.54) is 0 Å². The van der Waals surface area contributed by atoms with Crippen molar-refractivity contribution in [3.63, 3.8) is 0 Å². The van der Waals surface area contributed by atoms with Gasteiger partial charge in [-0.2, -0.15) is 0 Å². The van der Waals surface area contributed by atoms with E-state index in [-0.39, 0.29) is 29.9 Å². The molecule has 35 heavy (non-hydrogen) atoms. The van der Waals surface area contributed by atoms with E-state index >= 15 is 0 Å². The Bertz CT molecular complexity index is 1000. The summed E-state index contributed by atoms with van der Waals surface area (Å²) < 4.78 is 10.9. The van der Waals surface area contributed by atoms with E-state index in [0.717, 1.165) is 36.2 Å². The molecule has 8 heteroatoms. The minimum Gasteiger partial charge on any atom is -0.504 e. The van der Waals surface area contributed by atoms with Crippen LogP contribution < -0.4 is 10.1 Å². The highest BCUT2D eigenvalue weighted by Crippen LogP contribution is 2.31. The zero-order chi connectivity index (χ0) is 25.2. The zero-order valence-electron chi connectivity index (χ0n) is 21.0. The molecule has 0 spiro atoms. The van der Waals surface area contributed by atoms with Crippen molar-refractivity contribution in [2.24, 2.45) is 0 Å². The monoisotopic (exact) mass is 483 g/mol. The number of likely N-dealkylation sites (tertiary alicyclic amines) is 1. The summed E-state index contributed by atoms with van der Waals surface area (Å²) in [6.45, 7) is 9.13. The minimum absolute atomic E-state index is 0.0406. The van der Waals surface area contributed by atoms with Crippen LogP contribution in [0.5, 0.6) is 11.5 Å². The Balaban J connectivity index is 1.59. The van der Waals surface area contributed by atoms with Gasteiger partial charge in [0.05, 0.1) is 30.9 Å². The summed E-state index contributed by atoms with van der Waals surface area (Å²) in [6, 6.07) is 8.73. The van der Waals surface area contributed by atoms with E-state index in [9.17, 15) is 14.7 Å². The van der Waals surface area contributed by atoms with Crippen LogP contribution in [-0.4, -0.2) is 66.3 Å². The average molecular weight is 484 g/mol. The predicted octanol–water partition coefficient (Wildman–Crippen LogP) is 3.60. The smallest absolute Gasteiger partial charge is 0.253 e. The highest BCUT2D eigenvalue weighted by atomic mass is 16.5. The van der Waals surface area contributed by atoms with Gasteiger partial charge in [-0.25, -0.2) is 0 Å².